The van der Waals surface area contributed by atoms with Gasteiger partial charge >= 0.3 is 0 Å². The minimum absolute atomic E-state index is 0.169. The lowest BCUT2D eigenvalue weighted by molar-refractivity contribution is 0.624. The molecule has 84 valence electrons. The molecule has 0 aliphatic heterocycles. The van der Waals surface area contributed by atoms with Crippen LogP contribution in [-0.2, 0) is 13.0 Å². The van der Waals surface area contributed by atoms with E-state index in [-0.39, 0.29) is 5.82 Å². The van der Waals surface area contributed by atoms with Crippen molar-refractivity contribution in [1.29, 1.82) is 0 Å². The molecule has 0 fully saturated rings. The number of aryl methyl sites for hydroxylation is 3. The lowest BCUT2D eigenvalue weighted by Gasteiger charge is -2.09. The highest BCUT2D eigenvalue weighted by Gasteiger charge is 2.01. The largest absolute Gasteiger partial charge is 0.349 e. The Bertz CT molecular complexity index is 448. The van der Waals surface area contributed by atoms with E-state index in [1.165, 1.54) is 29.1 Å². The van der Waals surface area contributed by atoms with Crippen LogP contribution in [0.5, 0.6) is 0 Å². The molecule has 16 heavy (non-hydrogen) atoms. The van der Waals surface area contributed by atoms with Crippen molar-refractivity contribution < 1.29 is 4.39 Å². The van der Waals surface area contributed by atoms with Crippen LogP contribution >= 0.6 is 0 Å². The molecule has 0 saturated heterocycles. The van der Waals surface area contributed by atoms with Gasteiger partial charge in [0.15, 0.2) is 0 Å². The van der Waals surface area contributed by atoms with Crippen molar-refractivity contribution in [2.75, 3.05) is 0 Å². The molecule has 0 N–H and O–H groups in total. The molecule has 0 spiro atoms. The zero-order valence-electron chi connectivity index (χ0n) is 9.70. The highest BCUT2D eigenvalue weighted by atomic mass is 19.1. The van der Waals surface area contributed by atoms with E-state index >= 15 is 0 Å². The number of aromatic nitrogens is 1. The van der Waals surface area contributed by atoms with Crippen LogP contribution in [0.2, 0.25) is 0 Å². The lowest BCUT2D eigenvalue weighted by atomic mass is 10.1. The zero-order chi connectivity index (χ0) is 11.5. The third kappa shape index (κ3) is 2.32. The van der Waals surface area contributed by atoms with Crippen molar-refractivity contribution in [3.8, 4) is 0 Å². The van der Waals surface area contributed by atoms with E-state index in [0.717, 1.165) is 13.0 Å². The summed E-state index contributed by atoms with van der Waals surface area (Å²) in [5.41, 5.74) is 3.73. The van der Waals surface area contributed by atoms with Crippen LogP contribution in [0.3, 0.4) is 0 Å². The standard InChI is InChI=1S/C14H16FN/c1-11-3-4-12(2)16(11)10-9-13-5-7-14(15)8-6-13/h3-8H,9-10H2,1-2H3. The van der Waals surface area contributed by atoms with Crippen LogP contribution < -0.4 is 0 Å². The summed E-state index contributed by atoms with van der Waals surface area (Å²) in [7, 11) is 0. The number of hydrogen-bond acceptors (Lipinski definition) is 0. The summed E-state index contributed by atoms with van der Waals surface area (Å²) >= 11 is 0. The highest BCUT2D eigenvalue weighted by Crippen LogP contribution is 2.10. The summed E-state index contributed by atoms with van der Waals surface area (Å²) in [5, 5.41) is 0. The predicted molar refractivity (Wildman–Crippen MR) is 64.0 cm³/mol. The molecule has 0 amide bonds. The molecule has 0 saturated carbocycles. The maximum absolute atomic E-state index is 12.7. The Morgan fingerprint density at radius 1 is 0.938 bits per heavy atom. The van der Waals surface area contributed by atoms with Gasteiger partial charge in [0.2, 0.25) is 0 Å². The first kappa shape index (κ1) is 10.9. The lowest BCUT2D eigenvalue weighted by Crippen LogP contribution is -2.04. The quantitative estimate of drug-likeness (QED) is 0.741. The molecule has 0 unspecified atom stereocenters. The first-order valence-electron chi connectivity index (χ1n) is 5.54. The molecular weight excluding hydrogens is 201 g/mol. The van der Waals surface area contributed by atoms with Gasteiger partial charge in [-0.25, -0.2) is 4.39 Å². The summed E-state index contributed by atoms with van der Waals surface area (Å²) in [6, 6.07) is 11.0. The Hall–Kier alpha value is -1.57. The fourth-order valence-electron chi connectivity index (χ4n) is 1.94. The first-order chi connectivity index (χ1) is 7.66. The van der Waals surface area contributed by atoms with Crippen LogP contribution in [0, 0.1) is 19.7 Å². The molecule has 0 atom stereocenters. The van der Waals surface area contributed by atoms with E-state index in [2.05, 4.69) is 30.5 Å². The maximum atomic E-state index is 12.7. The second kappa shape index (κ2) is 4.52. The summed E-state index contributed by atoms with van der Waals surface area (Å²) in [5.74, 6) is -0.169. The average Bonchev–Trinajstić information content (AvgIpc) is 2.59. The number of rotatable bonds is 3. The summed E-state index contributed by atoms with van der Waals surface area (Å²) in [6.07, 6.45) is 0.941. The highest BCUT2D eigenvalue weighted by molar-refractivity contribution is 5.18. The van der Waals surface area contributed by atoms with Gasteiger partial charge in [0.05, 0.1) is 0 Å². The summed E-state index contributed by atoms with van der Waals surface area (Å²) < 4.78 is 15.0. The maximum Gasteiger partial charge on any atom is 0.123 e. The van der Waals surface area contributed by atoms with Gasteiger partial charge in [-0.1, -0.05) is 12.1 Å². The van der Waals surface area contributed by atoms with E-state index in [9.17, 15) is 4.39 Å². The van der Waals surface area contributed by atoms with Gasteiger partial charge in [-0.2, -0.15) is 0 Å². The van der Waals surface area contributed by atoms with Gasteiger partial charge in [-0.15, -0.1) is 0 Å². The molecule has 2 heteroatoms. The SMILES string of the molecule is Cc1ccc(C)n1CCc1ccc(F)cc1. The summed E-state index contributed by atoms with van der Waals surface area (Å²) in [6.45, 7) is 5.17. The Kier molecular flexibility index (Phi) is 3.09. The van der Waals surface area contributed by atoms with E-state index in [0.29, 0.717) is 0 Å². The molecule has 0 bridgehead atoms. The minimum Gasteiger partial charge on any atom is -0.349 e. The van der Waals surface area contributed by atoms with E-state index in [1.54, 1.807) is 0 Å². The molecule has 2 aromatic rings. The normalized spacial score (nSPS) is 10.7. The first-order valence-corrected chi connectivity index (χ1v) is 5.54. The van der Waals surface area contributed by atoms with Crippen molar-refractivity contribution in [2.45, 2.75) is 26.8 Å². The number of hydrogen-bond donors (Lipinski definition) is 0. The number of nitrogens with zero attached hydrogens (tertiary/aromatic N) is 1. The number of halogens is 1. The summed E-state index contributed by atoms with van der Waals surface area (Å²) in [4.78, 5) is 0. The Labute approximate surface area is 95.5 Å². The van der Waals surface area contributed by atoms with E-state index in [1.807, 2.05) is 12.1 Å². The minimum atomic E-state index is -0.169. The van der Waals surface area contributed by atoms with Crippen LogP contribution in [0.4, 0.5) is 4.39 Å². The molecule has 1 aromatic carbocycles. The number of benzene rings is 1. The van der Waals surface area contributed by atoms with Gasteiger partial charge in [0.1, 0.15) is 5.82 Å². The van der Waals surface area contributed by atoms with Gasteiger partial charge in [0.25, 0.3) is 0 Å². The molecular formula is C14H16FN. The third-order valence-electron chi connectivity index (χ3n) is 2.95. The average molecular weight is 217 g/mol. The third-order valence-corrected chi connectivity index (χ3v) is 2.95. The van der Waals surface area contributed by atoms with Crippen molar-refractivity contribution in [3.63, 3.8) is 0 Å². The molecule has 1 nitrogen and oxygen atoms in total. The Balaban J connectivity index is 2.05. The Morgan fingerprint density at radius 2 is 1.50 bits per heavy atom. The van der Waals surface area contributed by atoms with Gasteiger partial charge < -0.3 is 4.57 Å². The molecule has 2 rings (SSSR count). The molecule has 1 aromatic heterocycles. The van der Waals surface area contributed by atoms with Crippen LogP contribution in [-0.4, -0.2) is 4.57 Å². The van der Waals surface area contributed by atoms with E-state index in [4.69, 9.17) is 0 Å². The van der Waals surface area contributed by atoms with Crippen molar-refractivity contribution in [1.82, 2.24) is 4.57 Å². The molecule has 0 radical (unpaired) electrons. The predicted octanol–water partition coefficient (Wildman–Crippen LogP) is 3.49. The second-order valence-corrected chi connectivity index (χ2v) is 4.14. The topological polar surface area (TPSA) is 4.93 Å². The van der Waals surface area contributed by atoms with Gasteiger partial charge in [-0.3, -0.25) is 0 Å². The molecule has 1 heterocycles. The van der Waals surface area contributed by atoms with Crippen molar-refractivity contribution in [2.24, 2.45) is 0 Å². The van der Waals surface area contributed by atoms with Gasteiger partial charge in [-0.05, 0) is 50.1 Å². The second-order valence-electron chi connectivity index (χ2n) is 4.14. The van der Waals surface area contributed by atoms with Crippen LogP contribution in [0.15, 0.2) is 36.4 Å². The molecule has 0 aliphatic carbocycles. The molecule has 0 aliphatic rings. The fraction of sp³-hybridized carbons (Fsp3) is 0.286. The van der Waals surface area contributed by atoms with Crippen LogP contribution in [0.25, 0.3) is 0 Å². The van der Waals surface area contributed by atoms with Crippen LogP contribution in [0.1, 0.15) is 17.0 Å². The van der Waals surface area contributed by atoms with E-state index < -0.39 is 0 Å². The monoisotopic (exact) mass is 217 g/mol. The zero-order valence-corrected chi connectivity index (χ0v) is 9.70. The Morgan fingerprint density at radius 3 is 2.06 bits per heavy atom. The van der Waals surface area contributed by atoms with Crippen molar-refractivity contribution in [3.05, 3.63) is 59.2 Å². The fourth-order valence-corrected chi connectivity index (χ4v) is 1.94. The van der Waals surface area contributed by atoms with Crippen molar-refractivity contribution >= 4 is 0 Å². The van der Waals surface area contributed by atoms with Gasteiger partial charge in [0, 0.05) is 17.9 Å². The smallest absolute Gasteiger partial charge is 0.123 e.